The van der Waals surface area contributed by atoms with Crippen molar-refractivity contribution in [2.75, 3.05) is 78.0 Å². The summed E-state index contributed by atoms with van der Waals surface area (Å²) in [5.74, 6) is 0. The molecule has 4 N–H and O–H groups in total. The number of hydrogen-bond donors (Lipinski definition) is 4. The van der Waals surface area contributed by atoms with Crippen LogP contribution in [-0.4, -0.2) is 89.0 Å². The molecule has 0 radical (unpaired) electrons. The van der Waals surface area contributed by atoms with Crippen molar-refractivity contribution in [3.8, 4) is 0 Å². The van der Waals surface area contributed by atoms with Crippen LogP contribution in [0.1, 0.15) is 18.9 Å². The number of hydrogen-bond acceptors (Lipinski definition) is 8. The number of nitrogens with one attached hydrogen (secondary N) is 4. The van der Waals surface area contributed by atoms with Gasteiger partial charge in [-0.1, -0.05) is 30.3 Å². The van der Waals surface area contributed by atoms with Crippen molar-refractivity contribution in [1.29, 1.82) is 0 Å². The number of benzene rings is 1. The summed E-state index contributed by atoms with van der Waals surface area (Å²) in [4.78, 5) is 14.1. The van der Waals surface area contributed by atoms with Crippen LogP contribution in [0.15, 0.2) is 30.3 Å². The zero-order valence-corrected chi connectivity index (χ0v) is 20.2. The number of ether oxygens (including phenoxy) is 1. The van der Waals surface area contributed by atoms with E-state index in [0.29, 0.717) is 32.0 Å². The molecule has 10 heteroatoms. The Morgan fingerprint density at radius 1 is 1.03 bits per heavy atom. The molecule has 1 atom stereocenters. The molecule has 1 aromatic rings. The Kier molecular flexibility index (Phi) is 13.5. The van der Waals surface area contributed by atoms with Gasteiger partial charge < -0.3 is 30.5 Å². The first kappa shape index (κ1) is 26.8. The summed E-state index contributed by atoms with van der Waals surface area (Å²) in [6, 6.07) is 9.55. The van der Waals surface area contributed by atoms with E-state index in [1.165, 1.54) is 0 Å². The molecular weight excluding hydrogens is 429 g/mol. The molecule has 1 heterocycles. The Bertz CT molecular complexity index is 668. The minimum Gasteiger partial charge on any atom is -0.445 e. The number of amides is 1. The number of rotatable bonds is 10. The van der Waals surface area contributed by atoms with Gasteiger partial charge >= 0.3 is 6.09 Å². The minimum absolute atomic E-state index is 0.233. The summed E-state index contributed by atoms with van der Waals surface area (Å²) in [5.41, 5.74) is 0.940. The van der Waals surface area contributed by atoms with Crippen molar-refractivity contribution >= 4 is 13.5 Å². The van der Waals surface area contributed by atoms with Gasteiger partial charge in [-0.3, -0.25) is 9.46 Å². The van der Waals surface area contributed by atoms with Gasteiger partial charge in [0, 0.05) is 65.1 Å². The summed E-state index contributed by atoms with van der Waals surface area (Å²) >= 11 is 0. The van der Waals surface area contributed by atoms with Gasteiger partial charge in [0.15, 0.2) is 0 Å². The molecule has 0 bridgehead atoms. The molecule has 0 aromatic heterocycles. The standard InChI is InChI=1S/C22H40N5O4P/c1-2-31-32(29,20-27-16-14-24-12-10-23-11-13-25-15-17-27)18-6-9-26-22(28)30-19-21-7-4-3-5-8-21/h3-5,7-8,23-25H,2,6,9-20H2,1H3,(H,26,28). The highest BCUT2D eigenvalue weighted by Crippen LogP contribution is 2.47. The van der Waals surface area contributed by atoms with Gasteiger partial charge in [0.2, 0.25) is 7.37 Å². The zero-order valence-electron chi connectivity index (χ0n) is 19.3. The average Bonchev–Trinajstić information content (AvgIpc) is 2.78. The molecule has 0 spiro atoms. The Morgan fingerprint density at radius 2 is 1.66 bits per heavy atom. The van der Waals surface area contributed by atoms with E-state index in [1.807, 2.05) is 37.3 Å². The van der Waals surface area contributed by atoms with Crippen molar-refractivity contribution in [2.45, 2.75) is 20.0 Å². The second-order valence-corrected chi connectivity index (χ2v) is 10.4. The van der Waals surface area contributed by atoms with Crippen LogP contribution in [-0.2, 0) is 20.4 Å². The van der Waals surface area contributed by atoms with Crippen LogP contribution in [0.5, 0.6) is 0 Å². The molecule has 1 aliphatic rings. The van der Waals surface area contributed by atoms with Gasteiger partial charge in [-0.15, -0.1) is 0 Å². The van der Waals surface area contributed by atoms with E-state index < -0.39 is 13.5 Å². The molecule has 0 saturated carbocycles. The van der Waals surface area contributed by atoms with Gasteiger partial charge in [-0.05, 0) is 18.9 Å². The first-order chi connectivity index (χ1) is 15.6. The first-order valence-electron chi connectivity index (χ1n) is 11.6. The van der Waals surface area contributed by atoms with Crippen molar-refractivity contribution in [3.63, 3.8) is 0 Å². The molecular formula is C22H40N5O4P. The van der Waals surface area contributed by atoms with Crippen LogP contribution in [0, 0.1) is 0 Å². The lowest BCUT2D eigenvalue weighted by atomic mass is 10.2. The maximum absolute atomic E-state index is 13.5. The number of carbonyl (C=O) groups excluding carboxylic acids is 1. The fourth-order valence-corrected chi connectivity index (χ4v) is 5.81. The maximum atomic E-state index is 13.5. The number of alkyl carbamates (subject to hydrolysis) is 1. The molecule has 1 unspecified atom stereocenters. The third kappa shape index (κ3) is 11.9. The maximum Gasteiger partial charge on any atom is 0.407 e. The van der Waals surface area contributed by atoms with E-state index in [2.05, 4.69) is 26.2 Å². The van der Waals surface area contributed by atoms with E-state index in [4.69, 9.17) is 9.26 Å². The first-order valence-corrected chi connectivity index (χ1v) is 13.6. The molecule has 32 heavy (non-hydrogen) atoms. The minimum atomic E-state index is -2.82. The Morgan fingerprint density at radius 3 is 2.28 bits per heavy atom. The van der Waals surface area contributed by atoms with Gasteiger partial charge in [-0.25, -0.2) is 4.79 Å². The molecule has 1 aromatic carbocycles. The molecule has 182 valence electrons. The third-order valence-corrected chi connectivity index (χ3v) is 7.66. The van der Waals surface area contributed by atoms with Gasteiger partial charge in [0.05, 0.1) is 12.9 Å². The van der Waals surface area contributed by atoms with Crippen LogP contribution < -0.4 is 21.3 Å². The van der Waals surface area contributed by atoms with Crippen LogP contribution in [0.25, 0.3) is 0 Å². The molecule has 1 fully saturated rings. The van der Waals surface area contributed by atoms with Crippen LogP contribution in [0.2, 0.25) is 0 Å². The van der Waals surface area contributed by atoms with Crippen LogP contribution in [0.3, 0.4) is 0 Å². The van der Waals surface area contributed by atoms with E-state index in [-0.39, 0.29) is 6.61 Å². The Labute approximate surface area is 192 Å². The largest absolute Gasteiger partial charge is 0.445 e. The highest BCUT2D eigenvalue weighted by Gasteiger charge is 2.25. The molecule has 9 nitrogen and oxygen atoms in total. The second kappa shape index (κ2) is 16.2. The Balaban J connectivity index is 1.73. The Hall–Kier alpha value is -1.48. The summed E-state index contributed by atoms with van der Waals surface area (Å²) in [6.45, 7) is 10.00. The fourth-order valence-electron chi connectivity index (χ4n) is 3.46. The quantitative estimate of drug-likeness (QED) is 0.303. The molecule has 2 rings (SSSR count). The predicted molar refractivity (Wildman–Crippen MR) is 128 cm³/mol. The average molecular weight is 470 g/mol. The molecule has 0 aliphatic carbocycles. The summed E-state index contributed by atoms with van der Waals surface area (Å²) in [5, 5.41) is 13.0. The number of nitrogens with zero attached hydrogens (tertiary/aromatic N) is 1. The zero-order chi connectivity index (χ0) is 22.9. The lowest BCUT2D eigenvalue weighted by Gasteiger charge is -2.28. The SMILES string of the molecule is CCOP(=O)(CCCNC(=O)OCc1ccccc1)CN1CCNCCNCCNCC1. The summed E-state index contributed by atoms with van der Waals surface area (Å²) in [7, 11) is -2.82. The lowest BCUT2D eigenvalue weighted by Crippen LogP contribution is -2.42. The monoisotopic (exact) mass is 469 g/mol. The smallest absolute Gasteiger partial charge is 0.407 e. The van der Waals surface area contributed by atoms with E-state index in [1.54, 1.807) is 0 Å². The fraction of sp³-hybridized carbons (Fsp3) is 0.682. The summed E-state index contributed by atoms with van der Waals surface area (Å²) in [6.07, 6.45) is 0.977. The number of carbonyl (C=O) groups is 1. The molecule has 1 amide bonds. The van der Waals surface area contributed by atoms with Gasteiger partial charge in [0.25, 0.3) is 0 Å². The topological polar surface area (TPSA) is 104 Å². The lowest BCUT2D eigenvalue weighted by molar-refractivity contribution is 0.139. The highest BCUT2D eigenvalue weighted by molar-refractivity contribution is 7.58. The second-order valence-electron chi connectivity index (χ2n) is 7.81. The van der Waals surface area contributed by atoms with E-state index >= 15 is 0 Å². The van der Waals surface area contributed by atoms with Crippen molar-refractivity contribution in [1.82, 2.24) is 26.2 Å². The van der Waals surface area contributed by atoms with Crippen molar-refractivity contribution < 1.29 is 18.6 Å². The predicted octanol–water partition coefficient (Wildman–Crippen LogP) is 1.66. The van der Waals surface area contributed by atoms with Crippen LogP contribution >= 0.6 is 7.37 Å². The van der Waals surface area contributed by atoms with Gasteiger partial charge in [-0.2, -0.15) is 0 Å². The van der Waals surface area contributed by atoms with Crippen molar-refractivity contribution in [3.05, 3.63) is 35.9 Å². The third-order valence-electron chi connectivity index (χ3n) is 5.10. The normalized spacial score (nSPS) is 18.7. The van der Waals surface area contributed by atoms with Gasteiger partial charge in [0.1, 0.15) is 6.61 Å². The van der Waals surface area contributed by atoms with Crippen LogP contribution in [0.4, 0.5) is 4.79 Å². The van der Waals surface area contributed by atoms with Crippen molar-refractivity contribution in [2.24, 2.45) is 0 Å². The van der Waals surface area contributed by atoms with E-state index in [9.17, 15) is 9.36 Å². The molecule has 1 aliphatic heterocycles. The summed E-state index contributed by atoms with van der Waals surface area (Å²) < 4.78 is 24.4. The van der Waals surface area contributed by atoms with E-state index in [0.717, 1.165) is 57.9 Å². The highest BCUT2D eigenvalue weighted by atomic mass is 31.2. The molecule has 1 saturated heterocycles.